The van der Waals surface area contributed by atoms with Gasteiger partial charge in [-0.2, -0.15) is 0 Å². The summed E-state index contributed by atoms with van der Waals surface area (Å²) in [4.78, 5) is 0. The molecule has 0 heterocycles. The van der Waals surface area contributed by atoms with E-state index in [-0.39, 0.29) is 10.7 Å². The van der Waals surface area contributed by atoms with E-state index in [4.69, 9.17) is 5.73 Å². The molecule has 0 atom stereocenters. The Hall–Kier alpha value is -0.130. The Bertz CT molecular complexity index is 284. The van der Waals surface area contributed by atoms with Gasteiger partial charge in [-0.1, -0.05) is 13.8 Å². The maximum atomic E-state index is 11.6. The quantitative estimate of drug-likeness (QED) is 0.685. The van der Waals surface area contributed by atoms with Gasteiger partial charge >= 0.3 is 0 Å². The fourth-order valence-electron chi connectivity index (χ4n) is 1.61. The van der Waals surface area contributed by atoms with Crippen LogP contribution in [0.3, 0.4) is 0 Å². The van der Waals surface area contributed by atoms with Crippen LogP contribution in [0.4, 0.5) is 0 Å². The number of hydrogen-bond acceptors (Lipinski definition) is 3. The summed E-state index contributed by atoms with van der Waals surface area (Å²) in [6.45, 7) is 5.13. The Kier molecular flexibility index (Phi) is 4.14. The fourth-order valence-corrected chi connectivity index (χ4v) is 3.11. The first-order chi connectivity index (χ1) is 6.99. The van der Waals surface area contributed by atoms with Crippen LogP contribution in [0, 0.1) is 5.41 Å². The number of hydrogen-bond donors (Lipinski definition) is 2. The van der Waals surface area contributed by atoms with Crippen molar-refractivity contribution >= 4 is 10.0 Å². The van der Waals surface area contributed by atoms with E-state index in [1.807, 2.05) is 0 Å². The van der Waals surface area contributed by atoms with Gasteiger partial charge in [-0.25, -0.2) is 13.1 Å². The van der Waals surface area contributed by atoms with E-state index >= 15 is 0 Å². The molecule has 0 aliphatic heterocycles. The molecule has 0 bridgehead atoms. The van der Waals surface area contributed by atoms with Gasteiger partial charge < -0.3 is 5.73 Å². The van der Waals surface area contributed by atoms with Crippen molar-refractivity contribution in [1.82, 2.24) is 4.72 Å². The van der Waals surface area contributed by atoms with Gasteiger partial charge in [0.05, 0.1) is 5.25 Å². The zero-order chi connectivity index (χ0) is 11.5. The minimum Gasteiger partial charge on any atom is -0.330 e. The normalized spacial score (nSPS) is 18.1. The third-order valence-corrected chi connectivity index (χ3v) is 5.44. The molecule has 90 valence electrons. The smallest absolute Gasteiger partial charge is 0.214 e. The SMILES string of the molecule is CCC(CC)(CN)CNS(=O)(=O)C1CC1. The van der Waals surface area contributed by atoms with Gasteiger partial charge in [-0.05, 0) is 37.6 Å². The molecule has 0 unspecified atom stereocenters. The molecule has 0 aromatic rings. The zero-order valence-corrected chi connectivity index (χ0v) is 10.4. The van der Waals surface area contributed by atoms with Gasteiger partial charge in [-0.3, -0.25) is 0 Å². The number of nitrogens with one attached hydrogen (secondary N) is 1. The molecule has 0 aromatic heterocycles. The van der Waals surface area contributed by atoms with Crippen molar-refractivity contribution in [3.8, 4) is 0 Å². The van der Waals surface area contributed by atoms with Crippen LogP contribution in [0.25, 0.3) is 0 Å². The van der Waals surface area contributed by atoms with E-state index in [1.165, 1.54) is 0 Å². The van der Waals surface area contributed by atoms with E-state index < -0.39 is 10.0 Å². The van der Waals surface area contributed by atoms with Crippen LogP contribution >= 0.6 is 0 Å². The first-order valence-electron chi connectivity index (χ1n) is 5.68. The molecule has 0 amide bonds. The molecule has 15 heavy (non-hydrogen) atoms. The molecule has 0 radical (unpaired) electrons. The lowest BCUT2D eigenvalue weighted by molar-refractivity contribution is 0.275. The molecular formula is C10H22N2O2S. The average molecular weight is 234 g/mol. The van der Waals surface area contributed by atoms with Crippen LogP contribution in [0.15, 0.2) is 0 Å². The van der Waals surface area contributed by atoms with Crippen molar-refractivity contribution in [3.63, 3.8) is 0 Å². The molecule has 3 N–H and O–H groups in total. The fraction of sp³-hybridized carbons (Fsp3) is 1.00. The molecule has 1 fully saturated rings. The molecule has 0 saturated heterocycles. The standard InChI is InChI=1S/C10H22N2O2S/c1-3-10(4-2,7-11)8-12-15(13,14)9-5-6-9/h9,12H,3-8,11H2,1-2H3. The van der Waals surface area contributed by atoms with Crippen molar-refractivity contribution in [3.05, 3.63) is 0 Å². The first kappa shape index (κ1) is 12.9. The Morgan fingerprint density at radius 1 is 1.33 bits per heavy atom. The van der Waals surface area contributed by atoms with Crippen molar-refractivity contribution in [2.45, 2.75) is 44.8 Å². The van der Waals surface area contributed by atoms with Gasteiger partial charge in [0.15, 0.2) is 0 Å². The monoisotopic (exact) mass is 234 g/mol. The van der Waals surface area contributed by atoms with Crippen LogP contribution in [0.2, 0.25) is 0 Å². The van der Waals surface area contributed by atoms with Crippen LogP contribution in [0.5, 0.6) is 0 Å². The number of sulfonamides is 1. The predicted octanol–water partition coefficient (Wildman–Crippen LogP) is 0.833. The molecule has 1 aliphatic carbocycles. The van der Waals surface area contributed by atoms with Gasteiger partial charge in [-0.15, -0.1) is 0 Å². The van der Waals surface area contributed by atoms with E-state index in [9.17, 15) is 8.42 Å². The highest BCUT2D eigenvalue weighted by Gasteiger charge is 2.37. The maximum Gasteiger partial charge on any atom is 0.214 e. The predicted molar refractivity (Wildman–Crippen MR) is 62.0 cm³/mol. The highest BCUT2D eigenvalue weighted by molar-refractivity contribution is 7.90. The molecule has 4 nitrogen and oxygen atoms in total. The molecular weight excluding hydrogens is 212 g/mol. The van der Waals surface area contributed by atoms with Gasteiger partial charge in [0.2, 0.25) is 10.0 Å². The van der Waals surface area contributed by atoms with E-state index in [0.29, 0.717) is 13.1 Å². The summed E-state index contributed by atoms with van der Waals surface area (Å²) in [5.74, 6) is 0. The lowest BCUT2D eigenvalue weighted by Crippen LogP contribution is -2.42. The summed E-state index contributed by atoms with van der Waals surface area (Å²) >= 11 is 0. The highest BCUT2D eigenvalue weighted by Crippen LogP contribution is 2.29. The van der Waals surface area contributed by atoms with Crippen molar-refractivity contribution in [1.29, 1.82) is 0 Å². The van der Waals surface area contributed by atoms with Gasteiger partial charge in [0.1, 0.15) is 0 Å². The minimum atomic E-state index is -3.06. The third kappa shape index (κ3) is 3.16. The minimum absolute atomic E-state index is 0.0675. The second kappa shape index (κ2) is 4.80. The molecule has 1 aliphatic rings. The van der Waals surface area contributed by atoms with Crippen LogP contribution < -0.4 is 10.5 Å². The third-order valence-electron chi connectivity index (χ3n) is 3.54. The number of nitrogens with two attached hydrogens (primary N) is 1. The molecule has 0 spiro atoms. The van der Waals surface area contributed by atoms with Gasteiger partial charge in [0.25, 0.3) is 0 Å². The average Bonchev–Trinajstić information content (AvgIpc) is 3.04. The van der Waals surface area contributed by atoms with E-state index in [2.05, 4.69) is 18.6 Å². The second-order valence-corrected chi connectivity index (χ2v) is 6.52. The molecule has 0 aromatic carbocycles. The molecule has 5 heteroatoms. The summed E-state index contributed by atoms with van der Waals surface area (Å²) in [6.07, 6.45) is 3.44. The first-order valence-corrected chi connectivity index (χ1v) is 7.23. The second-order valence-electron chi connectivity index (χ2n) is 4.48. The van der Waals surface area contributed by atoms with Crippen LogP contribution in [-0.4, -0.2) is 26.8 Å². The Morgan fingerprint density at radius 3 is 2.20 bits per heavy atom. The van der Waals surface area contributed by atoms with E-state index in [0.717, 1.165) is 25.7 Å². The van der Waals surface area contributed by atoms with E-state index in [1.54, 1.807) is 0 Å². The Labute approximate surface area is 92.7 Å². The highest BCUT2D eigenvalue weighted by atomic mass is 32.2. The largest absolute Gasteiger partial charge is 0.330 e. The number of rotatable bonds is 7. The summed E-state index contributed by atoms with van der Waals surface area (Å²) in [7, 11) is -3.06. The lowest BCUT2D eigenvalue weighted by Gasteiger charge is -2.30. The molecule has 1 rings (SSSR count). The Morgan fingerprint density at radius 2 is 1.87 bits per heavy atom. The van der Waals surface area contributed by atoms with Crippen molar-refractivity contribution in [2.24, 2.45) is 11.1 Å². The topological polar surface area (TPSA) is 72.2 Å². The summed E-state index contributed by atoms with van der Waals surface area (Å²) in [5.41, 5.74) is 5.65. The van der Waals surface area contributed by atoms with Gasteiger partial charge in [0, 0.05) is 6.54 Å². The zero-order valence-electron chi connectivity index (χ0n) is 9.62. The van der Waals surface area contributed by atoms with Crippen LogP contribution in [0.1, 0.15) is 39.5 Å². The van der Waals surface area contributed by atoms with Crippen LogP contribution in [-0.2, 0) is 10.0 Å². The molecule has 1 saturated carbocycles. The summed E-state index contributed by atoms with van der Waals surface area (Å²) in [6, 6.07) is 0. The Balaban J connectivity index is 2.53. The lowest BCUT2D eigenvalue weighted by atomic mass is 9.83. The van der Waals surface area contributed by atoms with Crippen molar-refractivity contribution in [2.75, 3.05) is 13.1 Å². The summed E-state index contributed by atoms with van der Waals surface area (Å²) < 4.78 is 26.0. The summed E-state index contributed by atoms with van der Waals surface area (Å²) in [5, 5.41) is -0.137. The maximum absolute atomic E-state index is 11.6. The van der Waals surface area contributed by atoms with Crippen molar-refractivity contribution < 1.29 is 8.42 Å².